The SMILES string of the molecule is COc1c(O)c2c(=O)cc(CO)c3c4c(CO)cc(=O)c5c(O)c(CCC(=O)OCCO)c6c(c(c1C=C(C)C6)c23)c54.COc1c(O)c2c(=O)cc(CO)c3c4c(CO)cc(=O)c5c(O)c(CCC(=O)OCCO)c6c(c(c1CC(C)=C6)c23)c54. The molecule has 0 unspecified atom stereocenters. The Morgan fingerprint density at radius 2 is 0.762 bits per heavy atom. The molecule has 2 aliphatic carbocycles. The highest BCUT2D eigenvalue weighted by atomic mass is 16.5. The van der Waals surface area contributed by atoms with Crippen LogP contribution in [-0.2, 0) is 71.2 Å². The molecule has 2 aliphatic rings. The minimum absolute atomic E-state index is 0.00128. The molecule has 0 aromatic heterocycles. The fraction of sp³-hybridized carbons (Fsp3) is 0.281. The Morgan fingerprint density at radius 3 is 1.18 bits per heavy atom. The highest BCUT2D eigenvalue weighted by Gasteiger charge is 2.35. The molecule has 10 N–H and O–H groups in total. The summed E-state index contributed by atoms with van der Waals surface area (Å²) in [7, 11) is 2.76. The fourth-order valence-corrected chi connectivity index (χ4v) is 13.3. The van der Waals surface area contributed by atoms with E-state index in [9.17, 15) is 69.6 Å². The van der Waals surface area contributed by atoms with Crippen LogP contribution in [0.1, 0.15) is 82.3 Å². The molecule has 12 rings (SSSR count). The molecule has 20 nitrogen and oxygen atoms in total. The molecule has 0 amide bonds. The van der Waals surface area contributed by atoms with E-state index in [0.717, 1.165) is 11.1 Å². The number of carbonyl (C=O) groups excluding carboxylic acids is 2. The lowest BCUT2D eigenvalue weighted by molar-refractivity contribution is -0.145. The summed E-state index contributed by atoms with van der Waals surface area (Å²) in [4.78, 5) is 78.9. The molecule has 20 heteroatoms. The topological polar surface area (TPSA) is 342 Å². The first-order chi connectivity index (χ1) is 40.3. The molecule has 0 atom stereocenters. The molecule has 0 fully saturated rings. The summed E-state index contributed by atoms with van der Waals surface area (Å²) in [6, 6.07) is 4.88. The van der Waals surface area contributed by atoms with Gasteiger partial charge in [-0.05, 0) is 140 Å². The minimum atomic E-state index is -0.597. The molecule has 0 saturated heterocycles. The second-order valence-corrected chi connectivity index (χ2v) is 21.2. The number of phenolic OH excluding ortho intramolecular Hbond substituents is 4. The lowest BCUT2D eigenvalue weighted by Gasteiger charge is -2.24. The third kappa shape index (κ3) is 8.34. The monoisotopic (exact) mass is 1140 g/mol. The van der Waals surface area contributed by atoms with Gasteiger partial charge < -0.3 is 70.0 Å². The molecule has 432 valence electrons. The number of ether oxygens (including phenoxy) is 4. The van der Waals surface area contributed by atoms with Gasteiger partial charge in [0.2, 0.25) is 0 Å². The molecular formula is C64H56O20. The fourth-order valence-electron chi connectivity index (χ4n) is 13.3. The normalized spacial score (nSPS) is 13.0. The predicted octanol–water partition coefficient (Wildman–Crippen LogP) is 5.45. The number of allylic oxidation sites excluding steroid dienone is 2. The van der Waals surface area contributed by atoms with Crippen LogP contribution < -0.4 is 31.2 Å². The van der Waals surface area contributed by atoms with E-state index in [1.165, 1.54) is 38.5 Å². The largest absolute Gasteiger partial charge is 0.507 e. The summed E-state index contributed by atoms with van der Waals surface area (Å²) in [6.45, 7) is 0.541. The number of carbonyl (C=O) groups is 2. The van der Waals surface area contributed by atoms with Crippen molar-refractivity contribution in [2.45, 2.75) is 78.8 Å². The van der Waals surface area contributed by atoms with Gasteiger partial charge in [0, 0.05) is 56.5 Å². The number of aromatic hydroxyl groups is 4. The molecule has 0 heterocycles. The van der Waals surface area contributed by atoms with Gasteiger partial charge in [0.05, 0.1) is 75.4 Å². The van der Waals surface area contributed by atoms with Gasteiger partial charge in [-0.25, -0.2) is 0 Å². The maximum absolute atomic E-state index is 13.6. The summed E-state index contributed by atoms with van der Waals surface area (Å²) in [6.07, 6.45) is 3.95. The van der Waals surface area contributed by atoms with Gasteiger partial charge in [-0.15, -0.1) is 0 Å². The zero-order valence-electron chi connectivity index (χ0n) is 45.9. The first-order valence-corrected chi connectivity index (χ1v) is 26.9. The van der Waals surface area contributed by atoms with E-state index in [1.807, 2.05) is 26.0 Å². The lowest BCUT2D eigenvalue weighted by Crippen LogP contribution is -2.13. The molecule has 0 saturated carbocycles. The van der Waals surface area contributed by atoms with Crippen molar-refractivity contribution in [1.82, 2.24) is 0 Å². The van der Waals surface area contributed by atoms with Gasteiger partial charge in [-0.3, -0.25) is 28.8 Å². The van der Waals surface area contributed by atoms with E-state index in [2.05, 4.69) is 0 Å². The summed E-state index contributed by atoms with van der Waals surface area (Å²) >= 11 is 0. The molecule has 10 aromatic carbocycles. The molecule has 0 bridgehead atoms. The number of methoxy groups -OCH3 is 2. The van der Waals surface area contributed by atoms with Crippen LogP contribution in [0.5, 0.6) is 34.5 Å². The van der Waals surface area contributed by atoms with Crippen LogP contribution in [0.2, 0.25) is 0 Å². The third-order valence-electron chi connectivity index (χ3n) is 16.4. The van der Waals surface area contributed by atoms with Crippen molar-refractivity contribution >= 4 is 110 Å². The Bertz CT molecular complexity index is 4790. The molecule has 0 radical (unpaired) electrons. The summed E-state index contributed by atoms with van der Waals surface area (Å²) < 4.78 is 21.3. The highest BCUT2D eigenvalue weighted by molar-refractivity contribution is 6.40. The van der Waals surface area contributed by atoms with Gasteiger partial charge in [0.25, 0.3) is 0 Å². The van der Waals surface area contributed by atoms with E-state index < -0.39 is 60.1 Å². The summed E-state index contributed by atoms with van der Waals surface area (Å²) in [5.74, 6) is -2.38. The average molecular weight is 1150 g/mol. The van der Waals surface area contributed by atoms with Crippen molar-refractivity contribution in [3.05, 3.63) is 132 Å². The van der Waals surface area contributed by atoms with Gasteiger partial charge in [0.1, 0.15) is 24.7 Å². The number of esters is 2. The molecule has 10 aromatic rings. The Morgan fingerprint density at radius 1 is 0.417 bits per heavy atom. The number of hydrogen-bond acceptors (Lipinski definition) is 20. The van der Waals surface area contributed by atoms with Gasteiger partial charge >= 0.3 is 11.9 Å². The van der Waals surface area contributed by atoms with Crippen molar-refractivity contribution < 1.29 is 79.6 Å². The van der Waals surface area contributed by atoms with Crippen molar-refractivity contribution in [2.75, 3.05) is 40.6 Å². The second-order valence-electron chi connectivity index (χ2n) is 21.2. The number of rotatable bonds is 16. The number of fused-ring (bicyclic) bond motifs is 2. The van der Waals surface area contributed by atoms with Crippen LogP contribution in [0, 0.1) is 0 Å². The van der Waals surface area contributed by atoms with E-state index in [4.69, 9.17) is 29.2 Å². The van der Waals surface area contributed by atoms with Gasteiger partial charge in [-0.2, -0.15) is 0 Å². The standard InChI is InChI=1S/2C32H28O10/c2*1-13-7-17-16(3-4-21(38)42-6-5-33)30(39)26-19(36)9-14(11-34)22-23-15(12-35)10-20(37)27-29(23)25(24(17)28(22)26)18(8-13)32(41-2)31(27)40/h8-10,33-35,39-40H,3-7,11-12H2,1-2H3;7,9-10,33-35,39-40H,3-6,8,11-12H2,1-2H3. The molecule has 84 heavy (non-hydrogen) atoms. The Labute approximate surface area is 474 Å². The van der Waals surface area contributed by atoms with Crippen LogP contribution >= 0.6 is 0 Å². The maximum atomic E-state index is 13.6. The summed E-state index contributed by atoms with van der Waals surface area (Å²) in [5, 5.41) is 111. The van der Waals surface area contributed by atoms with E-state index in [-0.39, 0.29) is 143 Å². The minimum Gasteiger partial charge on any atom is -0.507 e. The number of phenols is 4. The second kappa shape index (κ2) is 21.6. The van der Waals surface area contributed by atoms with Crippen LogP contribution in [-0.4, -0.2) is 104 Å². The smallest absolute Gasteiger partial charge is 0.306 e. The van der Waals surface area contributed by atoms with E-state index >= 15 is 0 Å². The van der Waals surface area contributed by atoms with Crippen LogP contribution in [0.25, 0.3) is 98.3 Å². The van der Waals surface area contributed by atoms with Crippen molar-refractivity contribution in [2.24, 2.45) is 0 Å². The zero-order chi connectivity index (χ0) is 60.1. The van der Waals surface area contributed by atoms with Crippen molar-refractivity contribution in [3.8, 4) is 34.5 Å². The zero-order valence-corrected chi connectivity index (χ0v) is 45.9. The average Bonchev–Trinajstić information content (AvgIpc) is 1.03. The van der Waals surface area contributed by atoms with Gasteiger partial charge in [-0.1, -0.05) is 23.3 Å². The van der Waals surface area contributed by atoms with Crippen LogP contribution in [0.15, 0.2) is 54.6 Å². The number of aliphatic hydroxyl groups excluding tert-OH is 6. The van der Waals surface area contributed by atoms with Crippen LogP contribution in [0.3, 0.4) is 0 Å². The number of benzene rings is 10. The lowest BCUT2D eigenvalue weighted by atomic mass is 9.80. The Kier molecular flexibility index (Phi) is 14.6. The Hall–Kier alpha value is -9.02. The van der Waals surface area contributed by atoms with Crippen molar-refractivity contribution in [1.29, 1.82) is 0 Å². The van der Waals surface area contributed by atoms with Crippen molar-refractivity contribution in [3.63, 3.8) is 0 Å². The Balaban J connectivity index is 0.000000175. The van der Waals surface area contributed by atoms with E-state index in [0.29, 0.717) is 98.0 Å². The molecule has 0 spiro atoms. The molecular weight excluding hydrogens is 1090 g/mol. The predicted molar refractivity (Wildman–Crippen MR) is 314 cm³/mol. The summed E-state index contributed by atoms with van der Waals surface area (Å²) in [5.41, 5.74) is 3.19. The first-order valence-electron chi connectivity index (χ1n) is 26.9. The third-order valence-corrected chi connectivity index (χ3v) is 16.4. The first kappa shape index (κ1) is 56.8. The maximum Gasteiger partial charge on any atom is 0.306 e. The quantitative estimate of drug-likeness (QED) is 0.0326. The molecule has 0 aliphatic heterocycles. The number of aliphatic hydroxyl groups is 6. The van der Waals surface area contributed by atoms with E-state index in [1.54, 1.807) is 0 Å². The van der Waals surface area contributed by atoms with Crippen LogP contribution in [0.4, 0.5) is 0 Å². The number of hydrogen-bond donors (Lipinski definition) is 10. The van der Waals surface area contributed by atoms with Gasteiger partial charge in [0.15, 0.2) is 44.7 Å². The highest BCUT2D eigenvalue weighted by Crippen LogP contribution is 2.56.